The van der Waals surface area contributed by atoms with E-state index < -0.39 is 10.8 Å². The Morgan fingerprint density at radius 1 is 0.778 bits per heavy atom. The van der Waals surface area contributed by atoms with Crippen LogP contribution in [0.3, 0.4) is 0 Å². The van der Waals surface area contributed by atoms with Gasteiger partial charge in [0.1, 0.15) is 0 Å². The molecule has 0 aromatic heterocycles. The molecule has 0 saturated heterocycles. The third-order valence-electron chi connectivity index (χ3n) is 2.89. The molecule has 0 bridgehead atoms. The Balaban J connectivity index is 2.28. The molecule has 94 valence electrons. The summed E-state index contributed by atoms with van der Waals surface area (Å²) >= 11 is 0. The molecule has 2 aromatic rings. The van der Waals surface area contributed by atoms with Gasteiger partial charge in [-0.1, -0.05) is 51.1 Å². The molecule has 0 amide bonds. The molecule has 0 radical (unpaired) electrons. The maximum atomic E-state index is 12.3. The van der Waals surface area contributed by atoms with Crippen LogP contribution >= 0.6 is 0 Å². The highest BCUT2D eigenvalue weighted by molar-refractivity contribution is 7.85. The van der Waals surface area contributed by atoms with Crippen molar-refractivity contribution < 1.29 is 4.21 Å². The molecule has 1 atom stereocenters. The summed E-state index contributed by atoms with van der Waals surface area (Å²) in [6, 6.07) is 17.6. The molecule has 0 saturated carbocycles. The summed E-state index contributed by atoms with van der Waals surface area (Å²) in [5.74, 6) is 0. The average molecular weight is 258 g/mol. The van der Waals surface area contributed by atoms with Crippen molar-refractivity contribution in [2.45, 2.75) is 36.0 Å². The highest BCUT2D eigenvalue weighted by Gasteiger charge is 2.14. The van der Waals surface area contributed by atoms with Crippen LogP contribution in [0.5, 0.6) is 0 Å². The zero-order valence-electron chi connectivity index (χ0n) is 11.0. The molecular formula is C16H18OS. The fourth-order valence-electron chi connectivity index (χ4n) is 1.76. The van der Waals surface area contributed by atoms with Crippen molar-refractivity contribution in [1.29, 1.82) is 0 Å². The summed E-state index contributed by atoms with van der Waals surface area (Å²) in [4.78, 5) is 1.70. The Morgan fingerprint density at radius 2 is 1.28 bits per heavy atom. The molecule has 0 unspecified atom stereocenters. The Morgan fingerprint density at radius 3 is 1.78 bits per heavy atom. The fourth-order valence-corrected chi connectivity index (χ4v) is 2.82. The van der Waals surface area contributed by atoms with E-state index in [1.54, 1.807) is 0 Å². The van der Waals surface area contributed by atoms with Crippen LogP contribution in [0.25, 0.3) is 0 Å². The average Bonchev–Trinajstić information content (AvgIpc) is 2.38. The quantitative estimate of drug-likeness (QED) is 0.791. The van der Waals surface area contributed by atoms with E-state index in [0.717, 1.165) is 9.79 Å². The minimum atomic E-state index is -1.08. The molecule has 0 heterocycles. The number of benzene rings is 2. The monoisotopic (exact) mass is 258 g/mol. The second-order valence-electron chi connectivity index (χ2n) is 5.36. The van der Waals surface area contributed by atoms with E-state index in [0.29, 0.717) is 0 Å². The first-order chi connectivity index (χ1) is 8.48. The molecular weight excluding hydrogens is 240 g/mol. The zero-order chi connectivity index (χ0) is 13.2. The lowest BCUT2D eigenvalue weighted by Gasteiger charge is -2.19. The molecule has 18 heavy (non-hydrogen) atoms. The summed E-state index contributed by atoms with van der Waals surface area (Å²) in [6.45, 7) is 6.53. The maximum absolute atomic E-state index is 12.3. The van der Waals surface area contributed by atoms with Crippen molar-refractivity contribution in [3.8, 4) is 0 Å². The first kappa shape index (κ1) is 13.0. The predicted octanol–water partition coefficient (Wildman–Crippen LogP) is 4.15. The molecule has 0 aliphatic carbocycles. The normalized spacial score (nSPS) is 13.3. The topological polar surface area (TPSA) is 17.1 Å². The summed E-state index contributed by atoms with van der Waals surface area (Å²) in [5.41, 5.74) is 1.39. The molecule has 0 fully saturated rings. The van der Waals surface area contributed by atoms with E-state index in [4.69, 9.17) is 0 Å². The van der Waals surface area contributed by atoms with Gasteiger partial charge in [0.05, 0.1) is 10.8 Å². The van der Waals surface area contributed by atoms with E-state index in [1.165, 1.54) is 5.56 Å². The number of hydrogen-bond donors (Lipinski definition) is 0. The first-order valence-corrected chi connectivity index (χ1v) is 7.21. The van der Waals surface area contributed by atoms with E-state index in [2.05, 4.69) is 32.9 Å². The minimum absolute atomic E-state index is 0.132. The number of hydrogen-bond acceptors (Lipinski definition) is 1. The maximum Gasteiger partial charge on any atom is 0.0849 e. The smallest absolute Gasteiger partial charge is 0.0849 e. The van der Waals surface area contributed by atoms with Gasteiger partial charge in [0, 0.05) is 9.79 Å². The van der Waals surface area contributed by atoms with Gasteiger partial charge in [0.2, 0.25) is 0 Å². The van der Waals surface area contributed by atoms with Crippen LogP contribution in [0.15, 0.2) is 64.4 Å². The largest absolute Gasteiger partial charge is 0.249 e. The second kappa shape index (κ2) is 5.07. The van der Waals surface area contributed by atoms with Gasteiger partial charge >= 0.3 is 0 Å². The van der Waals surface area contributed by atoms with Gasteiger partial charge in [0.15, 0.2) is 0 Å². The van der Waals surface area contributed by atoms with Crippen LogP contribution in [0.4, 0.5) is 0 Å². The summed E-state index contributed by atoms with van der Waals surface area (Å²) in [5, 5.41) is 0. The van der Waals surface area contributed by atoms with Gasteiger partial charge in [0.25, 0.3) is 0 Å². The molecule has 0 aliphatic rings. The lowest BCUT2D eigenvalue weighted by atomic mass is 9.87. The van der Waals surface area contributed by atoms with Gasteiger partial charge in [-0.15, -0.1) is 0 Å². The van der Waals surface area contributed by atoms with E-state index in [9.17, 15) is 4.21 Å². The van der Waals surface area contributed by atoms with Crippen LogP contribution in [0.1, 0.15) is 26.3 Å². The molecule has 2 aromatic carbocycles. The first-order valence-electron chi connectivity index (χ1n) is 6.06. The highest BCUT2D eigenvalue weighted by Crippen LogP contribution is 2.24. The van der Waals surface area contributed by atoms with Crippen LogP contribution in [0, 0.1) is 0 Å². The second-order valence-corrected chi connectivity index (χ2v) is 6.84. The van der Waals surface area contributed by atoms with Crippen molar-refractivity contribution in [1.82, 2.24) is 0 Å². The van der Waals surface area contributed by atoms with Gasteiger partial charge in [-0.25, -0.2) is 4.21 Å². The van der Waals surface area contributed by atoms with E-state index >= 15 is 0 Å². The standard InChI is InChI=1S/C16H18OS/c1-16(2,3)13-9-11-15(12-10-13)18(17)14-7-5-4-6-8-14/h4-12H,1-3H3/t18-/m1/s1. The van der Waals surface area contributed by atoms with E-state index in [1.807, 2.05) is 42.5 Å². The Bertz CT molecular complexity index is 536. The van der Waals surface area contributed by atoms with Gasteiger partial charge < -0.3 is 0 Å². The van der Waals surface area contributed by atoms with E-state index in [-0.39, 0.29) is 5.41 Å². The molecule has 0 spiro atoms. The van der Waals surface area contributed by atoms with Gasteiger partial charge in [-0.3, -0.25) is 0 Å². The van der Waals surface area contributed by atoms with Crippen LogP contribution < -0.4 is 0 Å². The Kier molecular flexibility index (Phi) is 3.67. The highest BCUT2D eigenvalue weighted by atomic mass is 32.2. The molecule has 2 rings (SSSR count). The number of rotatable bonds is 2. The third kappa shape index (κ3) is 2.88. The van der Waals surface area contributed by atoms with Gasteiger partial charge in [-0.2, -0.15) is 0 Å². The summed E-state index contributed by atoms with van der Waals surface area (Å²) in [6.07, 6.45) is 0. The van der Waals surface area contributed by atoms with Crippen LogP contribution in [-0.2, 0) is 16.2 Å². The zero-order valence-corrected chi connectivity index (χ0v) is 11.8. The fraction of sp³-hybridized carbons (Fsp3) is 0.250. The van der Waals surface area contributed by atoms with Crippen molar-refractivity contribution in [3.63, 3.8) is 0 Å². The Labute approximate surface area is 111 Å². The van der Waals surface area contributed by atoms with Crippen LogP contribution in [-0.4, -0.2) is 4.21 Å². The predicted molar refractivity (Wildman–Crippen MR) is 76.3 cm³/mol. The van der Waals surface area contributed by atoms with Crippen molar-refractivity contribution in [2.24, 2.45) is 0 Å². The molecule has 0 N–H and O–H groups in total. The van der Waals surface area contributed by atoms with Crippen molar-refractivity contribution in [3.05, 3.63) is 60.2 Å². The minimum Gasteiger partial charge on any atom is -0.249 e. The molecule has 2 heteroatoms. The SMILES string of the molecule is CC(C)(C)c1ccc([S@](=O)c2ccccc2)cc1. The molecule has 1 nitrogen and oxygen atoms in total. The lowest BCUT2D eigenvalue weighted by Crippen LogP contribution is -2.10. The summed E-state index contributed by atoms with van der Waals surface area (Å²) in [7, 11) is -1.08. The third-order valence-corrected chi connectivity index (χ3v) is 4.29. The van der Waals surface area contributed by atoms with Crippen molar-refractivity contribution in [2.75, 3.05) is 0 Å². The van der Waals surface area contributed by atoms with Gasteiger partial charge in [-0.05, 0) is 35.2 Å². The molecule has 0 aliphatic heterocycles. The van der Waals surface area contributed by atoms with Crippen molar-refractivity contribution >= 4 is 10.8 Å². The Hall–Kier alpha value is -1.41. The lowest BCUT2D eigenvalue weighted by molar-refractivity contribution is 0.589. The summed E-state index contributed by atoms with van der Waals surface area (Å²) < 4.78 is 12.3. The van der Waals surface area contributed by atoms with Crippen LogP contribution in [0.2, 0.25) is 0 Å².